The predicted octanol–water partition coefficient (Wildman–Crippen LogP) is 3.08. The fraction of sp³-hybridized carbons (Fsp3) is 0.571. The van der Waals surface area contributed by atoms with E-state index >= 15 is 0 Å². The number of nitrogens with one attached hydrogen (secondary N) is 1. The van der Waals surface area contributed by atoms with Crippen LogP contribution in [0.2, 0.25) is 5.02 Å². The molecule has 3 heteroatoms. The van der Waals surface area contributed by atoms with Gasteiger partial charge < -0.3 is 10.2 Å². The minimum absolute atomic E-state index is 0.819. The molecule has 1 aromatic carbocycles. The third-order valence-electron chi connectivity index (χ3n) is 3.62. The largest absolute Gasteiger partial charge is 0.374 e. The lowest BCUT2D eigenvalue weighted by molar-refractivity contribution is 0.533. The third-order valence-corrected chi connectivity index (χ3v) is 3.85. The summed E-state index contributed by atoms with van der Waals surface area (Å²) in [5, 5.41) is 4.24. The summed E-state index contributed by atoms with van der Waals surface area (Å²) in [4.78, 5) is 2.32. The SMILES string of the molecule is Cc1ccc(Cl)cc1N(C)CCC1CCNC1. The van der Waals surface area contributed by atoms with Crippen LogP contribution in [-0.4, -0.2) is 26.7 Å². The Kier molecular flexibility index (Phi) is 4.30. The molecule has 0 radical (unpaired) electrons. The average Bonchev–Trinajstić information content (AvgIpc) is 2.82. The Balaban J connectivity index is 1.93. The molecule has 0 spiro atoms. The van der Waals surface area contributed by atoms with Crippen molar-refractivity contribution < 1.29 is 0 Å². The number of halogens is 1. The van der Waals surface area contributed by atoms with Crippen LogP contribution >= 0.6 is 11.6 Å². The molecular formula is C14H21ClN2. The highest BCUT2D eigenvalue weighted by Crippen LogP contribution is 2.24. The van der Waals surface area contributed by atoms with Crippen LogP contribution < -0.4 is 10.2 Å². The molecule has 1 saturated heterocycles. The summed E-state index contributed by atoms with van der Waals surface area (Å²) in [5.74, 6) is 0.844. The first kappa shape index (κ1) is 12.7. The lowest BCUT2D eigenvalue weighted by Crippen LogP contribution is -2.22. The van der Waals surface area contributed by atoms with Crippen molar-refractivity contribution in [1.82, 2.24) is 5.32 Å². The van der Waals surface area contributed by atoms with Gasteiger partial charge in [0, 0.05) is 24.3 Å². The molecule has 1 aliphatic rings. The van der Waals surface area contributed by atoms with Gasteiger partial charge in [-0.05, 0) is 56.5 Å². The zero-order valence-corrected chi connectivity index (χ0v) is 11.4. The van der Waals surface area contributed by atoms with Crippen LogP contribution in [0.4, 0.5) is 5.69 Å². The van der Waals surface area contributed by atoms with Gasteiger partial charge in [-0.2, -0.15) is 0 Å². The molecule has 0 aromatic heterocycles. The first-order valence-electron chi connectivity index (χ1n) is 6.35. The maximum Gasteiger partial charge on any atom is 0.0426 e. The summed E-state index contributed by atoms with van der Waals surface area (Å²) < 4.78 is 0. The molecule has 1 aliphatic heterocycles. The molecule has 1 fully saturated rings. The van der Waals surface area contributed by atoms with E-state index in [4.69, 9.17) is 11.6 Å². The quantitative estimate of drug-likeness (QED) is 0.886. The normalized spacial score (nSPS) is 19.6. The highest BCUT2D eigenvalue weighted by atomic mass is 35.5. The first-order chi connectivity index (χ1) is 8.16. The van der Waals surface area contributed by atoms with E-state index in [9.17, 15) is 0 Å². The fourth-order valence-electron chi connectivity index (χ4n) is 2.45. The van der Waals surface area contributed by atoms with E-state index < -0.39 is 0 Å². The second-order valence-corrected chi connectivity index (χ2v) is 5.44. The van der Waals surface area contributed by atoms with E-state index in [1.165, 1.54) is 37.2 Å². The van der Waals surface area contributed by atoms with E-state index in [0.717, 1.165) is 17.5 Å². The maximum atomic E-state index is 6.05. The van der Waals surface area contributed by atoms with Crippen LogP contribution in [-0.2, 0) is 0 Å². The zero-order valence-electron chi connectivity index (χ0n) is 10.7. The Morgan fingerprint density at radius 3 is 3.00 bits per heavy atom. The van der Waals surface area contributed by atoms with E-state index in [-0.39, 0.29) is 0 Å². The molecule has 0 aliphatic carbocycles. The van der Waals surface area contributed by atoms with Crippen molar-refractivity contribution in [2.24, 2.45) is 5.92 Å². The predicted molar refractivity (Wildman–Crippen MR) is 75.1 cm³/mol. The van der Waals surface area contributed by atoms with Gasteiger partial charge >= 0.3 is 0 Å². The Morgan fingerprint density at radius 2 is 2.29 bits per heavy atom. The maximum absolute atomic E-state index is 6.05. The van der Waals surface area contributed by atoms with Gasteiger partial charge in [-0.15, -0.1) is 0 Å². The number of nitrogens with zero attached hydrogens (tertiary/aromatic N) is 1. The molecule has 0 saturated carbocycles. The third kappa shape index (κ3) is 3.36. The number of hydrogen-bond donors (Lipinski definition) is 1. The van der Waals surface area contributed by atoms with Crippen LogP contribution in [0, 0.1) is 12.8 Å². The van der Waals surface area contributed by atoms with Crippen molar-refractivity contribution in [2.45, 2.75) is 19.8 Å². The lowest BCUT2D eigenvalue weighted by Gasteiger charge is -2.23. The van der Waals surface area contributed by atoms with Gasteiger partial charge in [-0.1, -0.05) is 17.7 Å². The van der Waals surface area contributed by atoms with E-state index in [1.54, 1.807) is 0 Å². The molecule has 2 nitrogen and oxygen atoms in total. The second kappa shape index (κ2) is 5.74. The summed E-state index contributed by atoms with van der Waals surface area (Å²) in [6, 6.07) is 6.10. The van der Waals surface area contributed by atoms with E-state index in [1.807, 2.05) is 6.07 Å². The van der Waals surface area contributed by atoms with Crippen LogP contribution in [0.25, 0.3) is 0 Å². The Labute approximate surface area is 109 Å². The van der Waals surface area contributed by atoms with Crippen molar-refractivity contribution in [3.05, 3.63) is 28.8 Å². The lowest BCUT2D eigenvalue weighted by atomic mass is 10.0. The molecule has 94 valence electrons. The van der Waals surface area contributed by atoms with Crippen LogP contribution in [0.1, 0.15) is 18.4 Å². The Hall–Kier alpha value is -0.730. The van der Waals surface area contributed by atoms with Gasteiger partial charge in [0.15, 0.2) is 0 Å². The number of rotatable bonds is 4. The van der Waals surface area contributed by atoms with Gasteiger partial charge in [0.1, 0.15) is 0 Å². The highest BCUT2D eigenvalue weighted by molar-refractivity contribution is 6.30. The van der Waals surface area contributed by atoms with Crippen molar-refractivity contribution in [1.29, 1.82) is 0 Å². The number of benzene rings is 1. The summed E-state index contributed by atoms with van der Waals surface area (Å²) in [6.07, 6.45) is 2.58. The molecule has 1 unspecified atom stereocenters. The van der Waals surface area contributed by atoms with Gasteiger partial charge in [-0.3, -0.25) is 0 Å². The fourth-order valence-corrected chi connectivity index (χ4v) is 2.62. The topological polar surface area (TPSA) is 15.3 Å². The van der Waals surface area contributed by atoms with Crippen molar-refractivity contribution in [3.63, 3.8) is 0 Å². The summed E-state index contributed by atoms with van der Waals surface area (Å²) in [5.41, 5.74) is 2.55. The Bertz CT molecular complexity index is 372. The smallest absolute Gasteiger partial charge is 0.0426 e. The van der Waals surface area contributed by atoms with Crippen LogP contribution in [0.5, 0.6) is 0 Å². The van der Waals surface area contributed by atoms with Crippen LogP contribution in [0.15, 0.2) is 18.2 Å². The minimum Gasteiger partial charge on any atom is -0.374 e. The molecular weight excluding hydrogens is 232 g/mol. The zero-order chi connectivity index (χ0) is 12.3. The van der Waals surface area contributed by atoms with Crippen molar-refractivity contribution >= 4 is 17.3 Å². The molecule has 1 atom stereocenters. The standard InChI is InChI=1S/C14H21ClN2/c1-11-3-4-13(15)9-14(11)17(2)8-6-12-5-7-16-10-12/h3-4,9,12,16H,5-8,10H2,1-2H3. The number of anilines is 1. The molecule has 1 heterocycles. The van der Waals surface area contributed by atoms with E-state index in [0.29, 0.717) is 0 Å². The molecule has 1 N–H and O–H groups in total. The Morgan fingerprint density at radius 1 is 1.47 bits per heavy atom. The van der Waals surface area contributed by atoms with Gasteiger partial charge in [-0.25, -0.2) is 0 Å². The molecule has 1 aromatic rings. The minimum atomic E-state index is 0.819. The van der Waals surface area contributed by atoms with Crippen molar-refractivity contribution in [3.8, 4) is 0 Å². The summed E-state index contributed by atoms with van der Waals surface area (Å²) in [7, 11) is 2.15. The van der Waals surface area contributed by atoms with Gasteiger partial charge in [0.2, 0.25) is 0 Å². The molecule has 17 heavy (non-hydrogen) atoms. The molecule has 0 bridgehead atoms. The monoisotopic (exact) mass is 252 g/mol. The average molecular weight is 253 g/mol. The number of aryl methyl sites for hydroxylation is 1. The second-order valence-electron chi connectivity index (χ2n) is 5.00. The van der Waals surface area contributed by atoms with Gasteiger partial charge in [0.05, 0.1) is 0 Å². The highest BCUT2D eigenvalue weighted by Gasteiger charge is 2.15. The molecule has 0 amide bonds. The summed E-state index contributed by atoms with van der Waals surface area (Å²) in [6.45, 7) is 5.61. The van der Waals surface area contributed by atoms with Crippen LogP contribution in [0.3, 0.4) is 0 Å². The van der Waals surface area contributed by atoms with Gasteiger partial charge in [0.25, 0.3) is 0 Å². The number of hydrogen-bond acceptors (Lipinski definition) is 2. The molecule has 2 rings (SSSR count). The van der Waals surface area contributed by atoms with Crippen molar-refractivity contribution in [2.75, 3.05) is 31.6 Å². The summed E-state index contributed by atoms with van der Waals surface area (Å²) >= 11 is 6.05. The first-order valence-corrected chi connectivity index (χ1v) is 6.72. The van der Waals surface area contributed by atoms with E-state index in [2.05, 4.69) is 36.3 Å².